The van der Waals surface area contributed by atoms with E-state index in [9.17, 15) is 10.5 Å². The van der Waals surface area contributed by atoms with Crippen molar-refractivity contribution in [3.05, 3.63) is 65.0 Å². The summed E-state index contributed by atoms with van der Waals surface area (Å²) < 4.78 is 5.46. The van der Waals surface area contributed by atoms with Crippen molar-refractivity contribution in [3.63, 3.8) is 0 Å². The summed E-state index contributed by atoms with van der Waals surface area (Å²) in [6, 6.07) is 15.8. The van der Waals surface area contributed by atoms with Gasteiger partial charge >= 0.3 is 0 Å². The molecule has 8 heteroatoms. The highest BCUT2D eigenvalue weighted by molar-refractivity contribution is 7.98. The third kappa shape index (κ3) is 4.93. The predicted molar refractivity (Wildman–Crippen MR) is 127 cm³/mol. The molecular weight excluding hydrogens is 434 g/mol. The van der Waals surface area contributed by atoms with Crippen LogP contribution < -0.4 is 9.64 Å². The molecule has 3 aromatic rings. The summed E-state index contributed by atoms with van der Waals surface area (Å²) in [5.41, 5.74) is 4.14. The van der Waals surface area contributed by atoms with E-state index < -0.39 is 0 Å². The second-order valence-electron chi connectivity index (χ2n) is 7.62. The van der Waals surface area contributed by atoms with Crippen LogP contribution in [0, 0.1) is 29.6 Å². The third-order valence-electron chi connectivity index (χ3n) is 5.38. The van der Waals surface area contributed by atoms with Crippen LogP contribution in [0.3, 0.4) is 0 Å². The fourth-order valence-corrected chi connectivity index (χ4v) is 4.45. The first kappa shape index (κ1) is 22.6. The molecule has 1 saturated heterocycles. The molecule has 0 bridgehead atoms. The topological polar surface area (TPSA) is 106 Å². The molecule has 7 nitrogen and oxygen atoms in total. The van der Waals surface area contributed by atoms with Gasteiger partial charge in [0.05, 0.1) is 12.2 Å². The molecule has 1 aromatic carbocycles. The highest BCUT2D eigenvalue weighted by Crippen LogP contribution is 2.39. The number of aryl methyl sites for hydroxylation is 1. The summed E-state index contributed by atoms with van der Waals surface area (Å²) >= 11 is 1.48. The van der Waals surface area contributed by atoms with Crippen molar-refractivity contribution in [2.24, 2.45) is 0 Å². The molecule has 3 heterocycles. The minimum Gasteiger partial charge on any atom is -0.491 e. The van der Waals surface area contributed by atoms with E-state index in [1.807, 2.05) is 37.4 Å². The van der Waals surface area contributed by atoms with Crippen LogP contribution in [0.25, 0.3) is 11.1 Å². The van der Waals surface area contributed by atoms with E-state index in [2.05, 4.69) is 22.0 Å². The van der Waals surface area contributed by atoms with Gasteiger partial charge in [0, 0.05) is 36.3 Å². The van der Waals surface area contributed by atoms with Crippen molar-refractivity contribution in [1.82, 2.24) is 9.97 Å². The average molecular weight is 458 g/mol. The van der Waals surface area contributed by atoms with Crippen LogP contribution in [0.4, 0.5) is 5.82 Å². The van der Waals surface area contributed by atoms with Gasteiger partial charge in [-0.25, -0.2) is 4.98 Å². The second kappa shape index (κ2) is 10.4. The van der Waals surface area contributed by atoms with Gasteiger partial charge in [-0.1, -0.05) is 18.2 Å². The first-order chi connectivity index (χ1) is 16.1. The van der Waals surface area contributed by atoms with Crippen LogP contribution in [0.15, 0.2) is 47.6 Å². The normalized spacial score (nSPS) is 12.5. The monoisotopic (exact) mass is 457 g/mol. The second-order valence-corrected chi connectivity index (χ2v) is 8.59. The smallest absolute Gasteiger partial charge is 0.148 e. The van der Waals surface area contributed by atoms with Gasteiger partial charge in [-0.3, -0.25) is 4.98 Å². The van der Waals surface area contributed by atoms with Gasteiger partial charge in [0.2, 0.25) is 0 Å². The zero-order chi connectivity index (χ0) is 23.2. The lowest BCUT2D eigenvalue weighted by Gasteiger charge is -2.33. The summed E-state index contributed by atoms with van der Waals surface area (Å²) in [5.74, 6) is 1.86. The number of rotatable bonds is 8. The quantitative estimate of drug-likeness (QED) is 0.505. The van der Waals surface area contributed by atoms with E-state index in [1.54, 1.807) is 12.1 Å². The number of aliphatic hydroxyl groups is 1. The Kier molecular flexibility index (Phi) is 7.09. The van der Waals surface area contributed by atoms with E-state index in [4.69, 9.17) is 14.8 Å². The van der Waals surface area contributed by atoms with Crippen LogP contribution in [0.2, 0.25) is 0 Å². The Labute approximate surface area is 197 Å². The average Bonchev–Trinajstić information content (AvgIpc) is 2.81. The minimum atomic E-state index is -0.0699. The summed E-state index contributed by atoms with van der Waals surface area (Å²) in [5, 5.41) is 29.7. The number of hydrogen-bond donors (Lipinski definition) is 1. The first-order valence-electron chi connectivity index (χ1n) is 10.7. The van der Waals surface area contributed by atoms with E-state index in [1.165, 1.54) is 11.8 Å². The zero-order valence-corrected chi connectivity index (χ0v) is 19.1. The molecule has 33 heavy (non-hydrogen) atoms. The van der Waals surface area contributed by atoms with Gasteiger partial charge in [0.1, 0.15) is 40.9 Å². The fraction of sp³-hybridized carbons (Fsp3) is 0.280. The third-order valence-corrected chi connectivity index (χ3v) is 6.42. The van der Waals surface area contributed by atoms with Crippen LogP contribution >= 0.6 is 11.8 Å². The Bertz CT molecular complexity index is 1210. The molecule has 2 aromatic heterocycles. The van der Waals surface area contributed by atoms with Crippen molar-refractivity contribution in [2.45, 2.75) is 24.1 Å². The van der Waals surface area contributed by atoms with Crippen LogP contribution in [-0.4, -0.2) is 41.4 Å². The number of pyridine rings is 2. The van der Waals surface area contributed by atoms with Crippen molar-refractivity contribution in [3.8, 4) is 29.0 Å². The lowest BCUT2D eigenvalue weighted by atomic mass is 9.96. The number of aliphatic hydroxyl groups excluding tert-OH is 1. The molecule has 1 fully saturated rings. The number of nitriles is 2. The van der Waals surface area contributed by atoms with E-state index >= 15 is 0 Å². The summed E-state index contributed by atoms with van der Waals surface area (Å²) in [6.45, 7) is 3.76. The molecule has 0 unspecified atom stereocenters. The predicted octanol–water partition coefficient (Wildman–Crippen LogP) is 4.07. The number of hydrogen-bond acceptors (Lipinski definition) is 8. The Balaban J connectivity index is 1.77. The van der Waals surface area contributed by atoms with Gasteiger partial charge in [0.25, 0.3) is 0 Å². The molecule has 0 amide bonds. The van der Waals surface area contributed by atoms with E-state index in [-0.39, 0.29) is 13.2 Å². The molecule has 0 spiro atoms. The van der Waals surface area contributed by atoms with Gasteiger partial charge in [0.15, 0.2) is 0 Å². The van der Waals surface area contributed by atoms with Crippen LogP contribution in [0.1, 0.15) is 28.8 Å². The van der Waals surface area contributed by atoms with Gasteiger partial charge in [-0.05, 0) is 42.7 Å². The molecule has 0 radical (unpaired) electrons. The number of aromatic nitrogens is 2. The molecule has 1 aliphatic rings. The van der Waals surface area contributed by atoms with Crippen LogP contribution in [0.5, 0.6) is 5.75 Å². The van der Waals surface area contributed by atoms with Crippen molar-refractivity contribution in [2.75, 3.05) is 31.2 Å². The molecule has 0 atom stereocenters. The fourth-order valence-electron chi connectivity index (χ4n) is 3.53. The maximum absolute atomic E-state index is 10.1. The maximum Gasteiger partial charge on any atom is 0.148 e. The Morgan fingerprint density at radius 3 is 2.42 bits per heavy atom. The van der Waals surface area contributed by atoms with Crippen LogP contribution in [-0.2, 0) is 5.75 Å². The Hall–Kier alpha value is -3.59. The molecular formula is C25H23N5O2S. The zero-order valence-electron chi connectivity index (χ0n) is 18.3. The van der Waals surface area contributed by atoms with Gasteiger partial charge < -0.3 is 14.7 Å². The summed E-state index contributed by atoms with van der Waals surface area (Å²) in [4.78, 5) is 11.2. The molecule has 1 N–H and O–H groups in total. The lowest BCUT2D eigenvalue weighted by molar-refractivity contribution is 0.201. The Morgan fingerprint density at radius 2 is 1.85 bits per heavy atom. The standard InChI is InChI=1S/C25H23N5O2S/c1-17-3-4-18(15-28-17)16-33-25-22(14-27)23(19-5-7-20(8-6-19)32-12-11-31)21(13-26)24(29-25)30-9-2-10-30/h3-8,15,31H,2,9-12,16H2,1H3. The SMILES string of the molecule is Cc1ccc(CSc2nc(N3CCC3)c(C#N)c(-c3ccc(OCCO)cc3)c2C#N)cn1. The van der Waals surface area contributed by atoms with Crippen molar-refractivity contribution < 1.29 is 9.84 Å². The highest BCUT2D eigenvalue weighted by atomic mass is 32.2. The largest absolute Gasteiger partial charge is 0.491 e. The Morgan fingerprint density at radius 1 is 1.09 bits per heavy atom. The van der Waals surface area contributed by atoms with Crippen molar-refractivity contribution >= 4 is 17.6 Å². The molecule has 166 valence electrons. The van der Waals surface area contributed by atoms with E-state index in [0.29, 0.717) is 39.0 Å². The van der Waals surface area contributed by atoms with Gasteiger partial charge in [-0.2, -0.15) is 10.5 Å². The molecule has 0 saturated carbocycles. The highest BCUT2D eigenvalue weighted by Gasteiger charge is 2.27. The van der Waals surface area contributed by atoms with Crippen molar-refractivity contribution in [1.29, 1.82) is 10.5 Å². The number of thioether (sulfide) groups is 1. The molecule has 0 aliphatic carbocycles. The van der Waals surface area contributed by atoms with Gasteiger partial charge in [-0.15, -0.1) is 11.8 Å². The maximum atomic E-state index is 10.1. The summed E-state index contributed by atoms with van der Waals surface area (Å²) in [6.07, 6.45) is 2.89. The number of ether oxygens (including phenoxy) is 1. The first-order valence-corrected chi connectivity index (χ1v) is 11.6. The molecule has 1 aliphatic heterocycles. The summed E-state index contributed by atoms with van der Waals surface area (Å²) in [7, 11) is 0. The number of benzene rings is 1. The van der Waals surface area contributed by atoms with E-state index in [0.717, 1.165) is 36.3 Å². The minimum absolute atomic E-state index is 0.0699. The lowest BCUT2D eigenvalue weighted by Crippen LogP contribution is -2.38. The number of anilines is 1. The number of nitrogens with zero attached hydrogens (tertiary/aromatic N) is 5. The molecule has 4 rings (SSSR count).